The third kappa shape index (κ3) is 4.14. The summed E-state index contributed by atoms with van der Waals surface area (Å²) in [5.41, 5.74) is -4.49. The van der Waals surface area contributed by atoms with Crippen LogP contribution in [0.4, 0.5) is 0 Å². The molecule has 0 N–H and O–H groups in total. The first-order chi connectivity index (χ1) is 35.0. The fourth-order valence-corrected chi connectivity index (χ4v) is 6.64. The molecule has 0 unspecified atom stereocenters. The van der Waals surface area contributed by atoms with Gasteiger partial charge in [-0.1, -0.05) is 145 Å². The summed E-state index contributed by atoms with van der Waals surface area (Å²) in [5, 5.41) is -5.40. The molecule has 0 bridgehead atoms. The van der Waals surface area contributed by atoms with Crippen LogP contribution in [-0.4, -0.2) is 0 Å². The molecule has 0 atom stereocenters. The number of hydrogen-bond acceptors (Lipinski definition) is 1. The van der Waals surface area contributed by atoms with Crippen LogP contribution >= 0.6 is 11.3 Å². The van der Waals surface area contributed by atoms with Crippen molar-refractivity contribution in [2.75, 3.05) is 0 Å². The maximum absolute atomic E-state index is 9.62. The number of benzene rings is 9. The lowest BCUT2D eigenvalue weighted by atomic mass is 9.84. The molecule has 0 fully saturated rings. The maximum atomic E-state index is 9.62. The van der Waals surface area contributed by atoms with E-state index < -0.39 is 235 Å². The maximum Gasteiger partial charge on any atom is 0.0644 e. The third-order valence-corrected chi connectivity index (χ3v) is 8.72. The van der Waals surface area contributed by atoms with Gasteiger partial charge in [0.05, 0.1) is 38.4 Å². The van der Waals surface area contributed by atoms with Gasteiger partial charge < -0.3 is 0 Å². The van der Waals surface area contributed by atoms with E-state index in [1.807, 2.05) is 0 Å². The minimum atomic E-state index is -1.08. The second-order valence-corrected chi connectivity index (χ2v) is 11.3. The average molecular weight is 641 g/mol. The normalized spacial score (nSPS) is 20.2. The Bertz CT molecular complexity index is 4330. The van der Waals surface area contributed by atoms with Gasteiger partial charge in [0.15, 0.2) is 0 Å². The monoisotopic (exact) mass is 640 g/mol. The molecular weight excluding hydrogens is 585 g/mol. The molecule has 0 radical (unpaired) electrons. The minimum absolute atomic E-state index is 0.0993. The van der Waals surface area contributed by atoms with Crippen molar-refractivity contribution in [1.82, 2.24) is 0 Å². The Hall–Kier alpha value is -5.76. The third-order valence-electron chi connectivity index (χ3n) is 7.70. The van der Waals surface area contributed by atoms with Gasteiger partial charge in [-0.2, -0.15) is 0 Å². The van der Waals surface area contributed by atoms with E-state index in [0.717, 1.165) is 0 Å². The highest BCUT2D eigenvalue weighted by Crippen LogP contribution is 2.45. The zero-order valence-corrected chi connectivity index (χ0v) is 24.2. The van der Waals surface area contributed by atoms with Crippen molar-refractivity contribution >= 4 is 74.6 Å². The Labute approximate surface area is 316 Å². The summed E-state index contributed by atoms with van der Waals surface area (Å²) in [5.74, 6) is 0. The average Bonchev–Trinajstić information content (AvgIpc) is 3.80. The summed E-state index contributed by atoms with van der Waals surface area (Å²) in [7, 11) is 0. The second-order valence-electron chi connectivity index (χ2n) is 10.3. The predicted octanol–water partition coefficient (Wildman–Crippen LogP) is 13.7. The van der Waals surface area contributed by atoms with Crippen molar-refractivity contribution in [3.63, 3.8) is 0 Å². The SMILES string of the molecule is [2H]c1c([2H])c(-c2c3c([2H])c([2H])c([2H])c([2H])c3c(-c3c([2H])c([2H])c([2H])c4c([2H])c([2H])c([2H])c([2H])c34)c3c([2H])c([2H])c([2H])c([2H])c23)c([2H])c([2H])c1-c1c([2H])c([2H])c2sc3c([2H])c4c([2H])c([2H])c([2H])c([2H])c4c([2H])c3c2c1[2H]. The van der Waals surface area contributed by atoms with E-state index >= 15 is 0 Å². The van der Waals surface area contributed by atoms with E-state index in [-0.39, 0.29) is 30.9 Å². The van der Waals surface area contributed by atoms with Gasteiger partial charge in [0.25, 0.3) is 0 Å². The Morgan fingerprint density at radius 1 is 0.319 bits per heavy atom. The van der Waals surface area contributed by atoms with Crippen LogP contribution in [0, 0.1) is 0 Å². The Morgan fingerprint density at radius 3 is 1.53 bits per heavy atom. The highest BCUT2D eigenvalue weighted by Gasteiger charge is 2.18. The highest BCUT2D eigenvalue weighted by atomic mass is 32.1. The van der Waals surface area contributed by atoms with E-state index in [2.05, 4.69) is 0 Å². The van der Waals surface area contributed by atoms with Crippen molar-refractivity contribution in [2.45, 2.75) is 0 Å². The van der Waals surface area contributed by atoms with Crippen molar-refractivity contribution in [2.24, 2.45) is 0 Å². The summed E-state index contributed by atoms with van der Waals surface area (Å²) in [6, 6.07) is -24.4. The highest BCUT2D eigenvalue weighted by molar-refractivity contribution is 7.25. The van der Waals surface area contributed by atoms with E-state index in [0.29, 0.717) is 11.3 Å². The smallest absolute Gasteiger partial charge is 0.0644 e. The number of hydrogen-bond donors (Lipinski definition) is 0. The fourth-order valence-electron chi connectivity index (χ4n) is 5.67. The lowest BCUT2D eigenvalue weighted by molar-refractivity contribution is 1.64. The van der Waals surface area contributed by atoms with Crippen molar-refractivity contribution in [3.05, 3.63) is 169 Å². The Kier molecular flexibility index (Phi) is 2.41. The Balaban J connectivity index is 1.42. The first kappa shape index (κ1) is 10.9. The van der Waals surface area contributed by atoms with Gasteiger partial charge in [0.2, 0.25) is 0 Å². The molecule has 0 nitrogen and oxygen atoms in total. The van der Waals surface area contributed by atoms with Crippen molar-refractivity contribution in [3.8, 4) is 33.4 Å². The molecule has 0 aliphatic heterocycles. The van der Waals surface area contributed by atoms with Gasteiger partial charge in [0.1, 0.15) is 0 Å². The van der Waals surface area contributed by atoms with E-state index in [1.165, 1.54) is 0 Å². The van der Waals surface area contributed by atoms with Gasteiger partial charge in [0, 0.05) is 20.2 Å². The summed E-state index contributed by atoms with van der Waals surface area (Å²) in [6.07, 6.45) is 0. The molecule has 10 aromatic rings. The van der Waals surface area contributed by atoms with Crippen LogP contribution in [0.2, 0.25) is 0 Å². The van der Waals surface area contributed by atoms with Crippen LogP contribution in [0.3, 0.4) is 0 Å². The largest absolute Gasteiger partial charge is 0.135 e. The molecule has 218 valence electrons. The molecular formula is C46H28S. The molecule has 9 aromatic carbocycles. The molecule has 0 spiro atoms. The number of fused-ring (bicyclic) bond motifs is 7. The first-order valence-corrected chi connectivity index (χ1v) is 14.7. The Morgan fingerprint density at radius 2 is 0.830 bits per heavy atom. The van der Waals surface area contributed by atoms with Gasteiger partial charge in [-0.05, 0) is 101 Å². The van der Waals surface area contributed by atoms with E-state index in [4.69, 9.17) is 21.9 Å². The molecule has 0 amide bonds. The quantitative estimate of drug-likeness (QED) is 0.169. The van der Waals surface area contributed by atoms with Gasteiger partial charge in [-0.3, -0.25) is 0 Å². The summed E-state index contributed by atoms with van der Waals surface area (Å²) in [4.78, 5) is 0. The molecule has 1 heteroatoms. The van der Waals surface area contributed by atoms with E-state index in [9.17, 15) is 16.4 Å². The molecule has 0 saturated heterocycles. The van der Waals surface area contributed by atoms with Crippen LogP contribution < -0.4 is 0 Å². The minimum Gasteiger partial charge on any atom is -0.135 e. The number of thiophene rings is 1. The van der Waals surface area contributed by atoms with Gasteiger partial charge in [-0.25, -0.2) is 0 Å². The molecule has 1 aromatic heterocycles. The zero-order valence-electron chi connectivity index (χ0n) is 51.4. The lowest BCUT2D eigenvalue weighted by Gasteiger charge is -2.19. The molecule has 47 heavy (non-hydrogen) atoms. The molecule has 1 heterocycles. The van der Waals surface area contributed by atoms with Crippen LogP contribution in [0.15, 0.2) is 169 Å². The van der Waals surface area contributed by atoms with Gasteiger partial charge in [-0.15, -0.1) is 11.3 Å². The summed E-state index contributed by atoms with van der Waals surface area (Å²) >= 11 is 0.684. The van der Waals surface area contributed by atoms with Crippen LogP contribution in [0.25, 0.3) is 96.6 Å². The molecule has 0 saturated carbocycles. The van der Waals surface area contributed by atoms with Gasteiger partial charge >= 0.3 is 0 Å². The molecule has 0 aliphatic carbocycles. The van der Waals surface area contributed by atoms with Crippen LogP contribution in [-0.2, 0) is 0 Å². The standard InChI is InChI=1S/C46H28S/c1-2-12-33-28-44-42(26-32(33)11-1)41-27-34(24-25-43(41)47-44)29-20-22-31(23-21-29)45-37-15-5-7-17-39(37)46(40-18-8-6-16-38(40)45)36-19-9-13-30-10-3-4-14-35(30)36/h1-28H/i1D,2D,3D,4D,5D,6D,7D,8D,9D,10D,11D,12D,13D,14D,15D,16D,17D,18D,19D,20D,21D,22D,23D,24D,25D,26D,27D,28D. The van der Waals surface area contributed by atoms with E-state index in [1.54, 1.807) is 0 Å². The zero-order chi connectivity index (χ0) is 55.3. The molecule has 10 rings (SSSR count). The van der Waals surface area contributed by atoms with Crippen LogP contribution in [0.5, 0.6) is 0 Å². The topological polar surface area (TPSA) is 0 Å². The summed E-state index contributed by atoms with van der Waals surface area (Å²) in [6.45, 7) is 0. The predicted molar refractivity (Wildman–Crippen MR) is 206 cm³/mol. The van der Waals surface area contributed by atoms with Crippen LogP contribution in [0.1, 0.15) is 38.4 Å². The summed E-state index contributed by atoms with van der Waals surface area (Å²) < 4.78 is 252. The second kappa shape index (κ2) is 10.4. The van der Waals surface area contributed by atoms with Crippen molar-refractivity contribution < 1.29 is 38.4 Å². The first-order valence-electron chi connectivity index (χ1n) is 27.9. The van der Waals surface area contributed by atoms with Crippen molar-refractivity contribution in [1.29, 1.82) is 0 Å². The lowest BCUT2D eigenvalue weighted by Crippen LogP contribution is -1.91. The molecule has 0 aliphatic rings. The number of rotatable bonds is 3. The fraction of sp³-hybridized carbons (Fsp3) is 0.